The minimum absolute atomic E-state index is 0.0259. The van der Waals surface area contributed by atoms with Crippen LogP contribution in [-0.4, -0.2) is 83.8 Å². The second kappa shape index (κ2) is 19.2. The number of carbonyl (C=O) groups is 3. The molecule has 17 heteroatoms. The Kier molecular flexibility index (Phi) is 14.3. The lowest BCUT2D eigenvalue weighted by Gasteiger charge is -2.61. The summed E-state index contributed by atoms with van der Waals surface area (Å²) < 4.78 is 21.0. The Morgan fingerprint density at radius 2 is 1.74 bits per heavy atom. The number of carbonyl (C=O) groups excluding carboxylic acids is 2. The summed E-state index contributed by atoms with van der Waals surface area (Å²) in [5.41, 5.74) is 9.06. The van der Waals surface area contributed by atoms with Gasteiger partial charge in [-0.3, -0.25) is 24.5 Å². The zero-order chi connectivity index (χ0) is 41.5. The molecule has 0 spiro atoms. The topological polar surface area (TPSA) is 242 Å². The van der Waals surface area contributed by atoms with Gasteiger partial charge in [0.2, 0.25) is 11.4 Å². The lowest BCUT2D eigenvalue weighted by Crippen LogP contribution is -2.56. The largest absolute Gasteiger partial charge is 0.481 e. The van der Waals surface area contributed by atoms with Crippen LogP contribution >= 0.6 is 0 Å². The van der Waals surface area contributed by atoms with Crippen molar-refractivity contribution < 1.29 is 43.3 Å². The van der Waals surface area contributed by atoms with Crippen molar-refractivity contribution in [3.05, 3.63) is 38.3 Å². The van der Waals surface area contributed by atoms with Crippen molar-refractivity contribution >= 4 is 34.6 Å². The Balaban J connectivity index is 0.977. The fourth-order valence-corrected chi connectivity index (χ4v) is 11.9. The van der Waals surface area contributed by atoms with E-state index in [4.69, 9.17) is 24.4 Å². The number of aromatic nitrogens is 2. The van der Waals surface area contributed by atoms with Crippen molar-refractivity contribution in [3.8, 4) is 0 Å². The molecule has 6 rings (SSSR count). The van der Waals surface area contributed by atoms with Crippen molar-refractivity contribution in [3.63, 3.8) is 0 Å². The Labute approximate surface area is 338 Å². The fraction of sp³-hybridized carbons (Fsp3) is 0.780. The van der Waals surface area contributed by atoms with Gasteiger partial charge in [-0.2, -0.15) is 0 Å². The molecule has 4 saturated carbocycles. The molecule has 58 heavy (non-hydrogen) atoms. The van der Waals surface area contributed by atoms with Crippen LogP contribution in [0.15, 0.2) is 21.9 Å². The van der Waals surface area contributed by atoms with Crippen LogP contribution in [0, 0.1) is 62.4 Å². The number of ether oxygens (including phenoxy) is 3. The molecule has 2 N–H and O–H groups in total. The zero-order valence-corrected chi connectivity index (χ0v) is 34.0. The van der Waals surface area contributed by atoms with E-state index in [0.717, 1.165) is 32.1 Å². The third-order valence-corrected chi connectivity index (χ3v) is 14.8. The van der Waals surface area contributed by atoms with E-state index in [9.17, 15) is 29.6 Å². The van der Waals surface area contributed by atoms with Gasteiger partial charge in [0.25, 0.3) is 0 Å². The highest BCUT2D eigenvalue weighted by Crippen LogP contribution is 2.68. The third kappa shape index (κ3) is 9.58. The normalized spacial score (nSPS) is 29.9. The van der Waals surface area contributed by atoms with E-state index in [1.54, 1.807) is 0 Å². The smallest absolute Gasteiger partial charge is 0.305 e. The molecule has 0 saturated heterocycles. The van der Waals surface area contributed by atoms with Crippen LogP contribution < -0.4 is 5.32 Å². The number of fused-ring (bicyclic) bond motifs is 6. The van der Waals surface area contributed by atoms with Crippen LogP contribution in [-0.2, 0) is 35.0 Å². The number of non-ortho nitro benzene ring substituents is 1. The molecule has 318 valence electrons. The zero-order valence-electron chi connectivity index (χ0n) is 34.0. The number of nitrogens with one attached hydrogen (secondary N) is 1. The average Bonchev–Trinajstić information content (AvgIpc) is 3.83. The SMILES string of the molecule is C[C@H](CCC(=O)OCCOCCOCCN=[N+]=[N-])C1CC[C@H]2[C@@H]3CC[C@@H]4C[C@H](NC(=O)[C@H](CC(=O)O)Cc5ccc([N+](=O)[O-])c6nonc56)CC[C@]4(C)[C@H]3CC[C@]12C. The van der Waals surface area contributed by atoms with Crippen molar-refractivity contribution in [1.29, 1.82) is 0 Å². The number of amides is 1. The van der Waals surface area contributed by atoms with Crippen LogP contribution in [0.25, 0.3) is 21.5 Å². The molecular formula is C41H59N7O10. The monoisotopic (exact) mass is 809 g/mol. The minimum atomic E-state index is -1.10. The van der Waals surface area contributed by atoms with E-state index in [-0.39, 0.29) is 71.5 Å². The lowest BCUT2D eigenvalue weighted by molar-refractivity contribution is -0.383. The van der Waals surface area contributed by atoms with Crippen LogP contribution in [0.4, 0.5) is 5.69 Å². The number of carboxylic acid groups (broad SMARTS) is 1. The summed E-state index contributed by atoms with van der Waals surface area (Å²) >= 11 is 0. The Hall–Kier alpha value is -4.34. The predicted octanol–water partition coefficient (Wildman–Crippen LogP) is 7.21. The molecule has 0 radical (unpaired) electrons. The molecule has 1 aromatic carbocycles. The number of nitro benzene ring substituents is 1. The van der Waals surface area contributed by atoms with Gasteiger partial charge in [0.1, 0.15) is 12.1 Å². The summed E-state index contributed by atoms with van der Waals surface area (Å²) in [7, 11) is 0. The molecule has 4 aliphatic carbocycles. The number of esters is 1. The quantitative estimate of drug-likeness (QED) is 0.0256. The number of nitrogens with zero attached hydrogens (tertiary/aromatic N) is 6. The first-order chi connectivity index (χ1) is 27.9. The molecule has 4 fully saturated rings. The molecule has 1 unspecified atom stereocenters. The van der Waals surface area contributed by atoms with E-state index in [1.165, 1.54) is 44.2 Å². The van der Waals surface area contributed by atoms with Crippen molar-refractivity contribution in [2.24, 2.45) is 57.4 Å². The van der Waals surface area contributed by atoms with Crippen molar-refractivity contribution in [2.75, 3.05) is 39.6 Å². The molecule has 1 heterocycles. The summed E-state index contributed by atoms with van der Waals surface area (Å²) in [6.45, 7) is 9.25. The molecule has 2 aromatic rings. The van der Waals surface area contributed by atoms with Gasteiger partial charge in [-0.15, -0.1) is 0 Å². The lowest BCUT2D eigenvalue weighted by atomic mass is 9.44. The first kappa shape index (κ1) is 43.2. The van der Waals surface area contributed by atoms with Gasteiger partial charge in [0.05, 0.1) is 43.7 Å². The van der Waals surface area contributed by atoms with Gasteiger partial charge >= 0.3 is 17.6 Å². The Bertz CT molecular complexity index is 1830. The van der Waals surface area contributed by atoms with Crippen molar-refractivity contribution in [2.45, 2.75) is 110 Å². The van der Waals surface area contributed by atoms with E-state index in [2.05, 4.69) is 46.4 Å². The van der Waals surface area contributed by atoms with E-state index < -0.39 is 16.8 Å². The van der Waals surface area contributed by atoms with Crippen LogP contribution in [0.2, 0.25) is 0 Å². The molecule has 4 aliphatic rings. The highest BCUT2D eigenvalue weighted by atomic mass is 16.6. The summed E-state index contributed by atoms with van der Waals surface area (Å²) in [6, 6.07) is 2.74. The van der Waals surface area contributed by atoms with E-state index in [0.29, 0.717) is 73.9 Å². The summed E-state index contributed by atoms with van der Waals surface area (Å²) in [5.74, 6) is 0.958. The highest BCUT2D eigenvalue weighted by Gasteiger charge is 2.60. The van der Waals surface area contributed by atoms with Crippen molar-refractivity contribution in [1.82, 2.24) is 15.6 Å². The second-order valence-corrected chi connectivity index (χ2v) is 17.7. The number of aliphatic carboxylic acids is 1. The van der Waals surface area contributed by atoms with Gasteiger partial charge in [0.15, 0.2) is 0 Å². The summed E-state index contributed by atoms with van der Waals surface area (Å²) in [4.78, 5) is 51.8. The third-order valence-electron chi connectivity index (χ3n) is 14.8. The highest BCUT2D eigenvalue weighted by molar-refractivity contribution is 5.88. The number of benzene rings is 1. The molecule has 1 aromatic heterocycles. The standard InChI is InChI=1S/C41H59N7O10/c1-25(4-11-36(51)57-21-20-56-19-18-55-17-16-43-47-42)31-8-9-32-30-7-6-28-24-29(12-14-40(28,2)33(30)13-15-41(31,32)3)44-39(52)27(23-35(49)50)22-26-5-10-34(48(53)54)38-37(26)45-58-46-38/h5,10,25,27-33H,4,6-9,11-24H2,1-3H3,(H,44,52)(H,49,50)/t25-,27+,28-,29-,30+,31?,32+,33+,40+,41-/m1/s1. The number of carboxylic acids is 1. The maximum absolute atomic E-state index is 13.7. The number of rotatable bonds is 20. The van der Waals surface area contributed by atoms with Gasteiger partial charge in [-0.1, -0.05) is 25.9 Å². The number of azide groups is 1. The van der Waals surface area contributed by atoms with Crippen LogP contribution in [0.5, 0.6) is 0 Å². The number of nitro groups is 1. The summed E-state index contributed by atoms with van der Waals surface area (Å²) in [5, 5.41) is 35.3. The number of hydrogen-bond acceptors (Lipinski definition) is 12. The van der Waals surface area contributed by atoms with Crippen LogP contribution in [0.3, 0.4) is 0 Å². The molecule has 0 bridgehead atoms. The minimum Gasteiger partial charge on any atom is -0.481 e. The number of hydrogen-bond donors (Lipinski definition) is 2. The van der Waals surface area contributed by atoms with Gasteiger partial charge in [0, 0.05) is 30.0 Å². The molecule has 10 atom stereocenters. The predicted molar refractivity (Wildman–Crippen MR) is 210 cm³/mol. The average molecular weight is 810 g/mol. The molecule has 17 nitrogen and oxygen atoms in total. The first-order valence-corrected chi connectivity index (χ1v) is 21.1. The molecular weight excluding hydrogens is 750 g/mol. The first-order valence-electron chi connectivity index (χ1n) is 21.1. The molecule has 1 amide bonds. The van der Waals surface area contributed by atoms with Crippen LogP contribution in [0.1, 0.15) is 103 Å². The second-order valence-electron chi connectivity index (χ2n) is 17.7. The Morgan fingerprint density at radius 3 is 2.50 bits per heavy atom. The summed E-state index contributed by atoms with van der Waals surface area (Å²) in [6.07, 6.45) is 10.8. The Morgan fingerprint density at radius 1 is 1.02 bits per heavy atom. The van der Waals surface area contributed by atoms with E-state index >= 15 is 0 Å². The fourth-order valence-electron chi connectivity index (χ4n) is 11.9. The maximum atomic E-state index is 13.7. The maximum Gasteiger partial charge on any atom is 0.305 e. The van der Waals surface area contributed by atoms with Gasteiger partial charge in [-0.05, 0) is 144 Å². The van der Waals surface area contributed by atoms with E-state index in [1.807, 2.05) is 0 Å². The van der Waals surface area contributed by atoms with Gasteiger partial charge in [-0.25, -0.2) is 4.63 Å². The van der Waals surface area contributed by atoms with Gasteiger partial charge < -0.3 is 24.6 Å². The molecule has 0 aliphatic heterocycles.